The Morgan fingerprint density at radius 2 is 1.59 bits per heavy atom. The fourth-order valence-corrected chi connectivity index (χ4v) is 3.89. The van der Waals surface area contributed by atoms with E-state index in [0.29, 0.717) is 12.2 Å². The SMILES string of the molecule is O=C(Nc1ccccc1Br)N[C@H](C(=O)N1CCc2ccccc21)c1ccccc1. The van der Waals surface area contributed by atoms with E-state index in [0.717, 1.165) is 27.7 Å². The third-order valence-corrected chi connectivity index (χ3v) is 5.62. The molecular weight excluding hydrogens is 430 g/mol. The predicted octanol–water partition coefficient (Wildman–Crippen LogP) is 4.90. The van der Waals surface area contributed by atoms with Crippen molar-refractivity contribution in [3.05, 3.63) is 94.5 Å². The second-order valence-corrected chi connectivity index (χ2v) is 7.64. The van der Waals surface area contributed by atoms with E-state index in [1.54, 1.807) is 11.0 Å². The molecule has 3 aromatic rings. The van der Waals surface area contributed by atoms with Crippen LogP contribution < -0.4 is 15.5 Å². The van der Waals surface area contributed by atoms with Crippen LogP contribution in [0.1, 0.15) is 17.2 Å². The minimum absolute atomic E-state index is 0.150. The van der Waals surface area contributed by atoms with Gasteiger partial charge in [0.25, 0.3) is 5.91 Å². The Hall–Kier alpha value is -3.12. The number of urea groups is 1. The summed E-state index contributed by atoms with van der Waals surface area (Å²) in [6.07, 6.45) is 0.812. The third-order valence-electron chi connectivity index (χ3n) is 4.93. The molecule has 1 atom stereocenters. The highest BCUT2D eigenvalue weighted by Crippen LogP contribution is 2.30. The van der Waals surface area contributed by atoms with Crippen molar-refractivity contribution in [1.29, 1.82) is 0 Å². The van der Waals surface area contributed by atoms with Crippen LogP contribution in [0.2, 0.25) is 0 Å². The summed E-state index contributed by atoms with van der Waals surface area (Å²) in [6.45, 7) is 0.606. The van der Waals surface area contributed by atoms with E-state index in [2.05, 4.69) is 26.6 Å². The molecule has 1 aliphatic rings. The molecule has 0 saturated carbocycles. The summed E-state index contributed by atoms with van der Waals surface area (Å²) in [5.74, 6) is -0.150. The average Bonchev–Trinajstić information content (AvgIpc) is 3.18. The maximum atomic E-state index is 13.4. The van der Waals surface area contributed by atoms with Crippen LogP contribution in [-0.4, -0.2) is 18.5 Å². The molecule has 0 spiro atoms. The van der Waals surface area contributed by atoms with Gasteiger partial charge in [-0.2, -0.15) is 0 Å². The molecule has 1 aliphatic heterocycles. The van der Waals surface area contributed by atoms with E-state index in [9.17, 15) is 9.59 Å². The molecule has 0 saturated heterocycles. The van der Waals surface area contributed by atoms with E-state index >= 15 is 0 Å². The Morgan fingerprint density at radius 1 is 0.897 bits per heavy atom. The van der Waals surface area contributed by atoms with Gasteiger partial charge in [0.05, 0.1) is 5.69 Å². The van der Waals surface area contributed by atoms with E-state index in [1.165, 1.54) is 0 Å². The molecule has 0 bridgehead atoms. The van der Waals surface area contributed by atoms with Gasteiger partial charge < -0.3 is 15.5 Å². The van der Waals surface area contributed by atoms with Gasteiger partial charge in [-0.3, -0.25) is 4.79 Å². The normalized spacial score (nSPS) is 13.5. The van der Waals surface area contributed by atoms with Gasteiger partial charge in [0.1, 0.15) is 6.04 Å². The first kappa shape index (κ1) is 19.2. The van der Waals surface area contributed by atoms with Crippen LogP contribution in [0.5, 0.6) is 0 Å². The zero-order chi connectivity index (χ0) is 20.2. The molecule has 6 heteroatoms. The van der Waals surface area contributed by atoms with E-state index in [-0.39, 0.29) is 5.91 Å². The minimum atomic E-state index is -0.787. The average molecular weight is 450 g/mol. The first-order valence-electron chi connectivity index (χ1n) is 9.40. The largest absolute Gasteiger partial charge is 0.322 e. The van der Waals surface area contributed by atoms with Crippen molar-refractivity contribution >= 4 is 39.2 Å². The molecule has 1 heterocycles. The Labute approximate surface area is 177 Å². The molecule has 3 aromatic carbocycles. The van der Waals surface area contributed by atoms with Gasteiger partial charge in [0.2, 0.25) is 0 Å². The highest BCUT2D eigenvalue weighted by Gasteiger charge is 2.32. The molecule has 2 N–H and O–H groups in total. The fourth-order valence-electron chi connectivity index (χ4n) is 3.51. The molecule has 0 radical (unpaired) electrons. The van der Waals surface area contributed by atoms with Crippen molar-refractivity contribution < 1.29 is 9.59 Å². The fraction of sp³-hybridized carbons (Fsp3) is 0.130. The smallest absolute Gasteiger partial charge is 0.320 e. The van der Waals surface area contributed by atoms with Crippen LogP contribution in [0, 0.1) is 0 Å². The number of halogens is 1. The number of hydrogen-bond acceptors (Lipinski definition) is 2. The van der Waals surface area contributed by atoms with Crippen molar-refractivity contribution in [1.82, 2.24) is 5.32 Å². The Kier molecular flexibility index (Phi) is 5.62. The van der Waals surface area contributed by atoms with Crippen LogP contribution in [0.15, 0.2) is 83.3 Å². The standard InChI is InChI=1S/C23H20BrN3O2/c24-18-11-5-6-12-19(18)25-23(29)26-21(17-9-2-1-3-10-17)22(28)27-15-14-16-8-4-7-13-20(16)27/h1-13,21H,14-15H2,(H2,25,26,29)/t21-/m0/s1. The number of hydrogen-bond donors (Lipinski definition) is 2. The lowest BCUT2D eigenvalue weighted by atomic mass is 10.1. The van der Waals surface area contributed by atoms with Gasteiger partial charge >= 0.3 is 6.03 Å². The minimum Gasteiger partial charge on any atom is -0.322 e. The van der Waals surface area contributed by atoms with Crippen LogP contribution in [0.4, 0.5) is 16.2 Å². The zero-order valence-electron chi connectivity index (χ0n) is 15.6. The third kappa shape index (κ3) is 4.17. The second-order valence-electron chi connectivity index (χ2n) is 6.79. The summed E-state index contributed by atoms with van der Waals surface area (Å²) < 4.78 is 0.770. The molecule has 146 valence electrons. The predicted molar refractivity (Wildman–Crippen MR) is 118 cm³/mol. The van der Waals surface area contributed by atoms with Crippen LogP contribution in [0.25, 0.3) is 0 Å². The van der Waals surface area contributed by atoms with E-state index in [1.807, 2.05) is 72.8 Å². The maximum absolute atomic E-state index is 13.4. The first-order chi connectivity index (χ1) is 14.1. The Bertz CT molecular complexity index is 1040. The molecule has 5 nitrogen and oxygen atoms in total. The Morgan fingerprint density at radius 3 is 2.38 bits per heavy atom. The van der Waals surface area contributed by atoms with Crippen molar-refractivity contribution in [2.75, 3.05) is 16.8 Å². The van der Waals surface area contributed by atoms with E-state index < -0.39 is 12.1 Å². The first-order valence-corrected chi connectivity index (χ1v) is 10.2. The molecular formula is C23H20BrN3O2. The number of anilines is 2. The number of fused-ring (bicyclic) bond motifs is 1. The quantitative estimate of drug-likeness (QED) is 0.594. The van der Waals surface area contributed by atoms with Gasteiger partial charge in [-0.15, -0.1) is 0 Å². The van der Waals surface area contributed by atoms with Crippen LogP contribution in [0.3, 0.4) is 0 Å². The number of benzene rings is 3. The number of rotatable bonds is 4. The number of para-hydroxylation sites is 2. The Balaban J connectivity index is 1.58. The highest BCUT2D eigenvalue weighted by atomic mass is 79.9. The van der Waals surface area contributed by atoms with E-state index in [4.69, 9.17) is 0 Å². The van der Waals surface area contributed by atoms with Gasteiger partial charge in [0.15, 0.2) is 0 Å². The lowest BCUT2D eigenvalue weighted by Crippen LogP contribution is -2.43. The summed E-state index contributed by atoms with van der Waals surface area (Å²) in [5, 5.41) is 5.66. The van der Waals surface area contributed by atoms with Crippen LogP contribution in [-0.2, 0) is 11.2 Å². The number of carbonyl (C=O) groups excluding carboxylic acids is 2. The summed E-state index contributed by atoms with van der Waals surface area (Å²) in [5.41, 5.74) is 3.43. The molecule has 0 fully saturated rings. The number of nitrogens with one attached hydrogen (secondary N) is 2. The lowest BCUT2D eigenvalue weighted by Gasteiger charge is -2.25. The molecule has 0 aromatic heterocycles. The highest BCUT2D eigenvalue weighted by molar-refractivity contribution is 9.10. The van der Waals surface area contributed by atoms with Gasteiger partial charge in [-0.1, -0.05) is 60.7 Å². The molecule has 0 aliphatic carbocycles. The second kappa shape index (κ2) is 8.49. The molecule has 3 amide bonds. The van der Waals surface area contributed by atoms with Crippen molar-refractivity contribution in [2.24, 2.45) is 0 Å². The van der Waals surface area contributed by atoms with Crippen LogP contribution >= 0.6 is 15.9 Å². The monoisotopic (exact) mass is 449 g/mol. The van der Waals surface area contributed by atoms with Gasteiger partial charge in [-0.05, 0) is 51.7 Å². The van der Waals surface area contributed by atoms with Crippen molar-refractivity contribution in [3.8, 4) is 0 Å². The summed E-state index contributed by atoms with van der Waals surface area (Å²) in [7, 11) is 0. The maximum Gasteiger partial charge on any atom is 0.320 e. The lowest BCUT2D eigenvalue weighted by molar-refractivity contribution is -0.120. The topological polar surface area (TPSA) is 61.4 Å². The van der Waals surface area contributed by atoms with Crippen molar-refractivity contribution in [3.63, 3.8) is 0 Å². The molecule has 0 unspecified atom stereocenters. The number of carbonyl (C=O) groups is 2. The van der Waals surface area contributed by atoms with Gasteiger partial charge in [-0.25, -0.2) is 4.79 Å². The van der Waals surface area contributed by atoms with Crippen molar-refractivity contribution in [2.45, 2.75) is 12.5 Å². The number of nitrogens with zero attached hydrogens (tertiary/aromatic N) is 1. The zero-order valence-corrected chi connectivity index (χ0v) is 17.2. The van der Waals surface area contributed by atoms with Gasteiger partial charge in [0, 0.05) is 16.7 Å². The molecule has 29 heavy (non-hydrogen) atoms. The summed E-state index contributed by atoms with van der Waals surface area (Å²) >= 11 is 3.42. The summed E-state index contributed by atoms with van der Waals surface area (Å²) in [6, 6.07) is 23.3. The number of amides is 3. The summed E-state index contributed by atoms with van der Waals surface area (Å²) in [4.78, 5) is 27.9. The molecule has 4 rings (SSSR count).